The standard InChI is InChI=1S/C21H28N4O2/c1-15(23-17(12-13-22)16-9-6-5-7-10-16)24-19(26)18-11-8-14-25(18)20(27)21(2,3)4/h5-7,9-10,12-13,18H,1,8,11,14,22H2,2-4H3,(H,24,26)/b13-12-,23-17+/t18-/m0/s1. The highest BCUT2D eigenvalue weighted by Gasteiger charge is 2.38. The van der Waals surface area contributed by atoms with Crippen LogP contribution in [-0.4, -0.2) is 35.0 Å². The number of rotatable bonds is 5. The first kappa shape index (κ1) is 20.4. The van der Waals surface area contributed by atoms with Gasteiger partial charge in [0.1, 0.15) is 11.9 Å². The molecule has 6 heteroatoms. The fourth-order valence-corrected chi connectivity index (χ4v) is 3.01. The number of likely N-dealkylation sites (tertiary alicyclic amines) is 1. The quantitative estimate of drug-likeness (QED) is 0.783. The maximum absolute atomic E-state index is 12.7. The summed E-state index contributed by atoms with van der Waals surface area (Å²) in [4.78, 5) is 31.3. The lowest BCUT2D eigenvalue weighted by Crippen LogP contribution is -2.49. The van der Waals surface area contributed by atoms with E-state index in [4.69, 9.17) is 5.73 Å². The maximum atomic E-state index is 12.7. The monoisotopic (exact) mass is 368 g/mol. The fraction of sp³-hybridized carbons (Fsp3) is 0.381. The molecule has 0 bridgehead atoms. The number of carbonyl (C=O) groups excluding carboxylic acids is 2. The van der Waals surface area contributed by atoms with Crippen molar-refractivity contribution in [1.29, 1.82) is 0 Å². The van der Waals surface area contributed by atoms with Gasteiger partial charge in [0.05, 0.1) is 5.71 Å². The molecule has 3 N–H and O–H groups in total. The van der Waals surface area contributed by atoms with E-state index in [2.05, 4.69) is 16.9 Å². The molecule has 144 valence electrons. The van der Waals surface area contributed by atoms with Gasteiger partial charge >= 0.3 is 0 Å². The van der Waals surface area contributed by atoms with E-state index in [0.717, 1.165) is 12.0 Å². The molecule has 27 heavy (non-hydrogen) atoms. The highest BCUT2D eigenvalue weighted by atomic mass is 16.2. The van der Waals surface area contributed by atoms with E-state index in [1.54, 1.807) is 11.0 Å². The Kier molecular flexibility index (Phi) is 6.55. The summed E-state index contributed by atoms with van der Waals surface area (Å²) in [5.41, 5.74) is 6.45. The lowest BCUT2D eigenvalue weighted by atomic mass is 9.94. The van der Waals surface area contributed by atoms with Crippen LogP contribution in [0.3, 0.4) is 0 Å². The number of carbonyl (C=O) groups is 2. The summed E-state index contributed by atoms with van der Waals surface area (Å²) in [7, 11) is 0. The topological polar surface area (TPSA) is 87.8 Å². The summed E-state index contributed by atoms with van der Waals surface area (Å²) < 4.78 is 0. The number of hydrogen-bond donors (Lipinski definition) is 2. The average Bonchev–Trinajstić information content (AvgIpc) is 3.10. The lowest BCUT2D eigenvalue weighted by molar-refractivity contribution is -0.144. The van der Waals surface area contributed by atoms with E-state index in [0.29, 0.717) is 18.7 Å². The molecular weight excluding hydrogens is 340 g/mol. The van der Waals surface area contributed by atoms with Crippen molar-refractivity contribution in [2.24, 2.45) is 16.1 Å². The molecule has 1 saturated heterocycles. The van der Waals surface area contributed by atoms with Crippen molar-refractivity contribution < 1.29 is 9.59 Å². The number of nitrogens with two attached hydrogens (primary N) is 1. The van der Waals surface area contributed by atoms with Crippen LogP contribution in [0.15, 0.2) is 60.0 Å². The summed E-state index contributed by atoms with van der Waals surface area (Å²) >= 11 is 0. The number of benzene rings is 1. The van der Waals surface area contributed by atoms with Crippen molar-refractivity contribution in [1.82, 2.24) is 10.2 Å². The van der Waals surface area contributed by atoms with Gasteiger partial charge in [-0.3, -0.25) is 9.59 Å². The maximum Gasteiger partial charge on any atom is 0.248 e. The first-order chi connectivity index (χ1) is 12.7. The summed E-state index contributed by atoms with van der Waals surface area (Å²) in [5, 5.41) is 2.73. The van der Waals surface area contributed by atoms with Gasteiger partial charge in [0, 0.05) is 17.5 Å². The van der Waals surface area contributed by atoms with Crippen molar-refractivity contribution in [3.63, 3.8) is 0 Å². The Bertz CT molecular complexity index is 760. The van der Waals surface area contributed by atoms with Crippen LogP contribution >= 0.6 is 0 Å². The highest BCUT2D eigenvalue weighted by Crippen LogP contribution is 2.25. The Hall–Kier alpha value is -2.89. The van der Waals surface area contributed by atoms with E-state index >= 15 is 0 Å². The average molecular weight is 368 g/mol. The van der Waals surface area contributed by atoms with Gasteiger partial charge in [-0.05, 0) is 25.1 Å². The molecule has 0 radical (unpaired) electrons. The molecule has 0 unspecified atom stereocenters. The first-order valence-corrected chi connectivity index (χ1v) is 9.07. The Balaban J connectivity index is 2.12. The van der Waals surface area contributed by atoms with Gasteiger partial charge in [-0.1, -0.05) is 57.7 Å². The van der Waals surface area contributed by atoms with E-state index in [9.17, 15) is 9.59 Å². The zero-order valence-corrected chi connectivity index (χ0v) is 16.2. The Morgan fingerprint density at radius 2 is 1.96 bits per heavy atom. The molecule has 0 spiro atoms. The zero-order chi connectivity index (χ0) is 20.0. The van der Waals surface area contributed by atoms with E-state index in [1.165, 1.54) is 6.20 Å². The van der Waals surface area contributed by atoms with Crippen molar-refractivity contribution >= 4 is 17.5 Å². The molecule has 2 amide bonds. The summed E-state index contributed by atoms with van der Waals surface area (Å²) in [6, 6.07) is 9.00. The number of aliphatic imine (C=N–C) groups is 1. The summed E-state index contributed by atoms with van der Waals surface area (Å²) in [6.45, 7) is 10.0. The molecule has 1 fully saturated rings. The van der Waals surface area contributed by atoms with Gasteiger partial charge in [0.25, 0.3) is 0 Å². The molecular formula is C21H28N4O2. The normalized spacial score (nSPS) is 18.0. The molecule has 1 aromatic rings. The van der Waals surface area contributed by atoms with Crippen LogP contribution in [0.4, 0.5) is 0 Å². The number of amides is 2. The Morgan fingerprint density at radius 3 is 2.56 bits per heavy atom. The van der Waals surface area contributed by atoms with Crippen LogP contribution in [0.5, 0.6) is 0 Å². The van der Waals surface area contributed by atoms with Crippen LogP contribution < -0.4 is 11.1 Å². The molecule has 0 aliphatic carbocycles. The third kappa shape index (κ3) is 5.29. The minimum Gasteiger partial charge on any atom is -0.405 e. The van der Waals surface area contributed by atoms with E-state index in [1.807, 2.05) is 51.1 Å². The molecule has 1 atom stereocenters. The number of nitrogens with zero attached hydrogens (tertiary/aromatic N) is 2. The Morgan fingerprint density at radius 1 is 1.30 bits per heavy atom. The molecule has 1 aliphatic heterocycles. The predicted molar refractivity (Wildman–Crippen MR) is 108 cm³/mol. The minimum atomic E-state index is -0.523. The van der Waals surface area contributed by atoms with Crippen molar-refractivity contribution in [3.05, 3.63) is 60.6 Å². The fourth-order valence-electron chi connectivity index (χ4n) is 3.01. The smallest absolute Gasteiger partial charge is 0.248 e. The third-order valence-corrected chi connectivity index (χ3v) is 4.30. The van der Waals surface area contributed by atoms with Gasteiger partial charge in [-0.15, -0.1) is 0 Å². The van der Waals surface area contributed by atoms with Gasteiger partial charge in [0.2, 0.25) is 11.8 Å². The SMILES string of the molecule is C=C(/N=C(\C=C/N)c1ccccc1)NC(=O)[C@@H]1CCCN1C(=O)C(C)(C)C. The molecule has 1 heterocycles. The third-order valence-electron chi connectivity index (χ3n) is 4.30. The van der Waals surface area contributed by atoms with Crippen molar-refractivity contribution in [2.75, 3.05) is 6.54 Å². The molecule has 0 saturated carbocycles. The summed E-state index contributed by atoms with van der Waals surface area (Å²) in [5.74, 6) is -0.0692. The van der Waals surface area contributed by atoms with Gasteiger partial charge in [-0.2, -0.15) is 0 Å². The van der Waals surface area contributed by atoms with Gasteiger partial charge in [-0.25, -0.2) is 4.99 Å². The number of hydrogen-bond acceptors (Lipinski definition) is 4. The lowest BCUT2D eigenvalue weighted by Gasteiger charge is -2.30. The predicted octanol–water partition coefficient (Wildman–Crippen LogP) is 2.57. The first-order valence-electron chi connectivity index (χ1n) is 9.07. The number of nitrogens with one attached hydrogen (secondary N) is 1. The molecule has 6 nitrogen and oxygen atoms in total. The van der Waals surface area contributed by atoms with Crippen molar-refractivity contribution in [3.8, 4) is 0 Å². The van der Waals surface area contributed by atoms with Gasteiger partial charge in [0.15, 0.2) is 0 Å². The molecule has 1 aliphatic rings. The van der Waals surface area contributed by atoms with Crippen LogP contribution in [0.1, 0.15) is 39.2 Å². The van der Waals surface area contributed by atoms with E-state index < -0.39 is 11.5 Å². The van der Waals surface area contributed by atoms with Crippen LogP contribution in [0, 0.1) is 5.41 Å². The second-order valence-electron chi connectivity index (χ2n) is 7.56. The van der Waals surface area contributed by atoms with Crippen molar-refractivity contribution in [2.45, 2.75) is 39.7 Å². The molecule has 2 rings (SSSR count). The van der Waals surface area contributed by atoms with Crippen LogP contribution in [0.25, 0.3) is 0 Å². The summed E-state index contributed by atoms with van der Waals surface area (Å²) in [6.07, 6.45) is 4.49. The zero-order valence-electron chi connectivity index (χ0n) is 16.2. The Labute approximate surface area is 160 Å². The largest absolute Gasteiger partial charge is 0.405 e. The van der Waals surface area contributed by atoms with E-state index in [-0.39, 0.29) is 17.6 Å². The van der Waals surface area contributed by atoms with Crippen LogP contribution in [-0.2, 0) is 9.59 Å². The molecule has 0 aromatic heterocycles. The van der Waals surface area contributed by atoms with Gasteiger partial charge < -0.3 is 16.0 Å². The number of allylic oxidation sites excluding steroid dienone is 1. The van der Waals surface area contributed by atoms with Crippen LogP contribution in [0.2, 0.25) is 0 Å². The highest BCUT2D eigenvalue weighted by molar-refractivity contribution is 6.09. The second kappa shape index (κ2) is 8.66. The second-order valence-corrected chi connectivity index (χ2v) is 7.56. The molecule has 1 aromatic carbocycles. The minimum absolute atomic E-state index is 0.0229.